The highest BCUT2D eigenvalue weighted by molar-refractivity contribution is 7.89. The van der Waals surface area contributed by atoms with Crippen LogP contribution < -0.4 is 10.1 Å². The number of carbonyl (C=O) groups excluding carboxylic acids is 2. The Morgan fingerprint density at radius 2 is 1.88 bits per heavy atom. The van der Waals surface area contributed by atoms with Gasteiger partial charge in [0.15, 0.2) is 0 Å². The number of aliphatic hydroxyl groups is 1. The summed E-state index contributed by atoms with van der Waals surface area (Å²) in [5.74, 6) is -1.18. The number of hydrogen-bond acceptors (Lipinski definition) is 8. The molecule has 0 unspecified atom stereocenters. The molecule has 11 nitrogen and oxygen atoms in total. The molecule has 2 heterocycles. The van der Waals surface area contributed by atoms with Crippen LogP contribution in [-0.4, -0.2) is 111 Å². The minimum atomic E-state index is -3.95. The molecule has 1 saturated heterocycles. The van der Waals surface area contributed by atoms with Gasteiger partial charge in [-0.05, 0) is 49.4 Å². The molecular formula is C29H39FN4O7S. The highest BCUT2D eigenvalue weighted by atomic mass is 32.2. The minimum absolute atomic E-state index is 0.0458. The molecule has 2 N–H and O–H groups in total. The molecular weight excluding hydrogens is 567 g/mol. The van der Waals surface area contributed by atoms with Crippen molar-refractivity contribution in [3.63, 3.8) is 0 Å². The Kier molecular flexibility index (Phi) is 10.5. The number of nitrogens with zero attached hydrogens (tertiary/aromatic N) is 3. The van der Waals surface area contributed by atoms with Crippen LogP contribution in [0.2, 0.25) is 0 Å². The zero-order valence-electron chi connectivity index (χ0n) is 24.2. The smallest absolute Gasteiger partial charge is 0.258 e. The number of amides is 2. The van der Waals surface area contributed by atoms with Crippen molar-refractivity contribution in [1.82, 2.24) is 14.1 Å². The van der Waals surface area contributed by atoms with E-state index in [2.05, 4.69) is 10.2 Å². The molecule has 2 amide bonds. The number of anilines is 1. The average molecular weight is 607 g/mol. The van der Waals surface area contributed by atoms with Crippen LogP contribution >= 0.6 is 0 Å². The maximum Gasteiger partial charge on any atom is 0.258 e. The third kappa shape index (κ3) is 7.64. The Balaban J connectivity index is 1.55. The van der Waals surface area contributed by atoms with Gasteiger partial charge in [0, 0.05) is 51.3 Å². The number of halogens is 1. The van der Waals surface area contributed by atoms with Crippen LogP contribution in [0.15, 0.2) is 47.4 Å². The van der Waals surface area contributed by atoms with Crippen molar-refractivity contribution in [1.29, 1.82) is 0 Å². The molecule has 2 aromatic carbocycles. The molecule has 0 aliphatic carbocycles. The summed E-state index contributed by atoms with van der Waals surface area (Å²) in [5, 5.41) is 12.8. The Morgan fingerprint density at radius 3 is 2.55 bits per heavy atom. The fourth-order valence-corrected chi connectivity index (χ4v) is 6.15. The topological polar surface area (TPSA) is 129 Å². The molecule has 13 heteroatoms. The van der Waals surface area contributed by atoms with E-state index < -0.39 is 28.0 Å². The maximum atomic E-state index is 13.7. The lowest BCUT2D eigenvalue weighted by atomic mass is 9.99. The number of aliphatic hydroxyl groups excluding tert-OH is 1. The highest BCUT2D eigenvalue weighted by Crippen LogP contribution is 2.31. The van der Waals surface area contributed by atoms with Gasteiger partial charge in [0.25, 0.3) is 5.91 Å². The van der Waals surface area contributed by atoms with Crippen LogP contribution in [0.25, 0.3) is 0 Å². The number of likely N-dealkylation sites (N-methyl/N-ethyl adjacent to an activating group) is 1. The van der Waals surface area contributed by atoms with Crippen LogP contribution in [-0.2, 0) is 19.6 Å². The predicted octanol–water partition coefficient (Wildman–Crippen LogP) is 2.03. The highest BCUT2D eigenvalue weighted by Gasteiger charge is 2.35. The van der Waals surface area contributed by atoms with E-state index in [-0.39, 0.29) is 60.1 Å². The third-order valence-corrected chi connectivity index (χ3v) is 9.50. The van der Waals surface area contributed by atoms with Crippen molar-refractivity contribution in [2.75, 3.05) is 64.9 Å². The summed E-state index contributed by atoms with van der Waals surface area (Å²) < 4.78 is 52.6. The molecule has 0 aromatic heterocycles. The van der Waals surface area contributed by atoms with Crippen molar-refractivity contribution in [3.8, 4) is 5.75 Å². The van der Waals surface area contributed by atoms with E-state index in [9.17, 15) is 27.5 Å². The van der Waals surface area contributed by atoms with E-state index in [1.807, 2.05) is 6.92 Å². The Labute approximate surface area is 246 Å². The first kappa shape index (κ1) is 31.8. The van der Waals surface area contributed by atoms with E-state index >= 15 is 0 Å². The summed E-state index contributed by atoms with van der Waals surface area (Å²) in [4.78, 5) is 30.0. The Bertz CT molecular complexity index is 1350. The van der Waals surface area contributed by atoms with Crippen LogP contribution in [0.1, 0.15) is 30.6 Å². The van der Waals surface area contributed by atoms with E-state index in [0.717, 1.165) is 29.5 Å². The molecule has 0 spiro atoms. The van der Waals surface area contributed by atoms with E-state index in [1.54, 1.807) is 25.1 Å². The number of fused-ring (bicyclic) bond motifs is 1. The number of carbonyl (C=O) groups is 2. The quantitative estimate of drug-likeness (QED) is 0.421. The number of benzene rings is 2. The molecule has 1 fully saturated rings. The number of nitrogens with one attached hydrogen (secondary N) is 1. The van der Waals surface area contributed by atoms with E-state index in [4.69, 9.17) is 9.47 Å². The molecule has 2 aliphatic rings. The first-order chi connectivity index (χ1) is 20.0. The van der Waals surface area contributed by atoms with Crippen LogP contribution in [0.5, 0.6) is 5.75 Å². The average Bonchev–Trinajstić information content (AvgIpc) is 2.98. The molecule has 0 radical (unpaired) electrons. The van der Waals surface area contributed by atoms with Crippen molar-refractivity contribution in [2.24, 2.45) is 5.92 Å². The van der Waals surface area contributed by atoms with Crippen molar-refractivity contribution in [2.45, 2.75) is 37.3 Å². The monoisotopic (exact) mass is 606 g/mol. The lowest BCUT2D eigenvalue weighted by molar-refractivity contribution is -0.116. The SMILES string of the molecule is C[C@H](CO)N1C[C@H](C)[C@H](CN(C)S(=O)(=O)c2ccc(F)cc2)Oc2ccc(NC(=O)CCN3CCOCC3)cc2C1=O. The molecule has 230 valence electrons. The van der Waals surface area contributed by atoms with Crippen LogP contribution in [0.4, 0.5) is 10.1 Å². The number of ether oxygens (including phenoxy) is 2. The van der Waals surface area contributed by atoms with Gasteiger partial charge < -0.3 is 24.8 Å². The van der Waals surface area contributed by atoms with Gasteiger partial charge in [-0.2, -0.15) is 4.31 Å². The normalized spacial score (nSPS) is 20.8. The summed E-state index contributed by atoms with van der Waals surface area (Å²) in [5.41, 5.74) is 0.623. The second kappa shape index (κ2) is 13.9. The van der Waals surface area contributed by atoms with Gasteiger partial charge in [-0.15, -0.1) is 0 Å². The number of morpholine rings is 1. The fraction of sp³-hybridized carbons (Fsp3) is 0.517. The molecule has 2 aliphatic heterocycles. The first-order valence-corrected chi connectivity index (χ1v) is 15.5. The molecule has 4 rings (SSSR count). The molecule has 2 aromatic rings. The van der Waals surface area contributed by atoms with Gasteiger partial charge in [0.2, 0.25) is 15.9 Å². The van der Waals surface area contributed by atoms with Gasteiger partial charge >= 0.3 is 0 Å². The molecule has 42 heavy (non-hydrogen) atoms. The van der Waals surface area contributed by atoms with Crippen molar-refractivity contribution in [3.05, 3.63) is 53.8 Å². The van der Waals surface area contributed by atoms with Gasteiger partial charge in [0.05, 0.1) is 42.9 Å². The second-order valence-electron chi connectivity index (χ2n) is 10.8. The standard InChI is InChI=1S/C29H39FN4O7S/c1-20-17-34(21(2)19-35)29(37)25-16-23(31-28(36)10-11-33-12-14-40-15-13-33)6-9-26(25)41-27(20)18-32(3)42(38,39)24-7-4-22(30)5-8-24/h4-9,16,20-21,27,35H,10-15,17-19H2,1-3H3,(H,31,36)/t20-,21+,27-/m0/s1. The Hall–Kier alpha value is -3.10. The van der Waals surface area contributed by atoms with Gasteiger partial charge in [-0.3, -0.25) is 14.5 Å². The lowest BCUT2D eigenvalue weighted by Crippen LogP contribution is -2.50. The number of rotatable bonds is 10. The fourth-order valence-electron chi connectivity index (χ4n) is 4.96. The zero-order valence-corrected chi connectivity index (χ0v) is 25.0. The summed E-state index contributed by atoms with van der Waals surface area (Å²) in [6.45, 7) is 6.89. The summed E-state index contributed by atoms with van der Waals surface area (Å²) >= 11 is 0. The predicted molar refractivity (Wildman–Crippen MR) is 154 cm³/mol. The van der Waals surface area contributed by atoms with E-state index in [0.29, 0.717) is 25.4 Å². The van der Waals surface area contributed by atoms with Gasteiger partial charge in [-0.25, -0.2) is 12.8 Å². The summed E-state index contributed by atoms with van der Waals surface area (Å²) in [6.07, 6.45) is -0.386. The van der Waals surface area contributed by atoms with Gasteiger partial charge in [-0.1, -0.05) is 6.92 Å². The maximum absolute atomic E-state index is 13.7. The van der Waals surface area contributed by atoms with Gasteiger partial charge in [0.1, 0.15) is 17.7 Å². The zero-order chi connectivity index (χ0) is 30.4. The number of sulfonamides is 1. The van der Waals surface area contributed by atoms with Crippen molar-refractivity contribution < 1.29 is 37.0 Å². The summed E-state index contributed by atoms with van der Waals surface area (Å²) in [6, 6.07) is 8.85. The lowest BCUT2D eigenvalue weighted by Gasteiger charge is -2.38. The van der Waals surface area contributed by atoms with Crippen LogP contribution in [0, 0.1) is 11.7 Å². The van der Waals surface area contributed by atoms with Crippen LogP contribution in [0.3, 0.4) is 0 Å². The minimum Gasteiger partial charge on any atom is -0.488 e. The third-order valence-electron chi connectivity index (χ3n) is 7.67. The molecule has 3 atom stereocenters. The number of hydrogen-bond donors (Lipinski definition) is 2. The largest absolute Gasteiger partial charge is 0.488 e. The first-order valence-electron chi connectivity index (χ1n) is 14.0. The summed E-state index contributed by atoms with van der Waals surface area (Å²) in [7, 11) is -2.53. The van der Waals surface area contributed by atoms with Crippen molar-refractivity contribution >= 4 is 27.5 Å². The van der Waals surface area contributed by atoms with E-state index in [1.165, 1.54) is 24.1 Å². The Morgan fingerprint density at radius 1 is 1.19 bits per heavy atom. The molecule has 0 saturated carbocycles. The molecule has 0 bridgehead atoms. The second-order valence-corrected chi connectivity index (χ2v) is 12.9.